The number of hydrogen-bond donors (Lipinski definition) is 1. The molecule has 0 bridgehead atoms. The molecule has 0 saturated carbocycles. The Labute approximate surface area is 262 Å². The molecular weight excluding hydrogens is 601 g/mol. The lowest BCUT2D eigenvalue weighted by Crippen LogP contribution is -2.40. The number of ether oxygens (including phenoxy) is 1. The van der Waals surface area contributed by atoms with Crippen LogP contribution < -0.4 is 14.9 Å². The lowest BCUT2D eigenvalue weighted by Gasteiger charge is -2.25. The fraction of sp³-hybridized carbons (Fsp3) is 0.273. The van der Waals surface area contributed by atoms with Crippen molar-refractivity contribution in [3.8, 4) is 28.5 Å². The summed E-state index contributed by atoms with van der Waals surface area (Å²) in [5, 5.41) is 9.49. The number of urea groups is 1. The number of benzene rings is 3. The quantitative estimate of drug-likeness (QED) is 0.189. The molecule has 0 radical (unpaired) electrons. The summed E-state index contributed by atoms with van der Waals surface area (Å²) in [7, 11) is 0. The fourth-order valence-electron chi connectivity index (χ4n) is 4.94. The van der Waals surface area contributed by atoms with Crippen LogP contribution in [0.15, 0.2) is 83.4 Å². The minimum atomic E-state index is -4.76. The van der Waals surface area contributed by atoms with Gasteiger partial charge in [0.2, 0.25) is 0 Å². The molecule has 0 atom stereocenters. The molecule has 1 N–H and O–H groups in total. The summed E-state index contributed by atoms with van der Waals surface area (Å²) < 4.78 is 44.8. The Bertz CT molecular complexity index is 1870. The van der Waals surface area contributed by atoms with Gasteiger partial charge in [0.05, 0.1) is 16.9 Å². The van der Waals surface area contributed by atoms with Crippen molar-refractivity contribution in [2.24, 2.45) is 4.99 Å². The SMILES string of the molecule is CCCc1ccc(C)cc1-n1c(C)cs/c1=N\C(=O)NC(C)(C)c1ccc(-c2ncn(-c3ccc(OC(F)(F)F)cc3)n2)cc1. The highest BCUT2D eigenvalue weighted by Crippen LogP contribution is 2.26. The van der Waals surface area contributed by atoms with Crippen molar-refractivity contribution in [3.05, 3.63) is 106 Å². The number of thiazole rings is 1. The van der Waals surface area contributed by atoms with Gasteiger partial charge in [0.15, 0.2) is 10.6 Å². The van der Waals surface area contributed by atoms with E-state index in [9.17, 15) is 18.0 Å². The molecule has 2 heterocycles. The second-order valence-corrected chi connectivity index (χ2v) is 12.0. The largest absolute Gasteiger partial charge is 0.573 e. The van der Waals surface area contributed by atoms with E-state index in [1.54, 1.807) is 0 Å². The summed E-state index contributed by atoms with van der Waals surface area (Å²) >= 11 is 1.42. The average molecular weight is 635 g/mol. The van der Waals surface area contributed by atoms with Crippen LogP contribution in [0.25, 0.3) is 22.8 Å². The van der Waals surface area contributed by atoms with Crippen molar-refractivity contribution in [1.82, 2.24) is 24.6 Å². The van der Waals surface area contributed by atoms with E-state index in [-0.39, 0.29) is 5.75 Å². The number of alkyl halides is 3. The van der Waals surface area contributed by atoms with E-state index >= 15 is 0 Å². The van der Waals surface area contributed by atoms with Crippen molar-refractivity contribution in [1.29, 1.82) is 0 Å². The van der Waals surface area contributed by atoms with Crippen molar-refractivity contribution in [3.63, 3.8) is 0 Å². The van der Waals surface area contributed by atoms with Crippen molar-refractivity contribution >= 4 is 17.4 Å². The summed E-state index contributed by atoms with van der Waals surface area (Å²) in [5.74, 6) is 0.118. The molecule has 0 saturated heterocycles. The van der Waals surface area contributed by atoms with E-state index in [4.69, 9.17) is 0 Å². The Morgan fingerprint density at radius 1 is 1.02 bits per heavy atom. The molecule has 0 fully saturated rings. The lowest BCUT2D eigenvalue weighted by molar-refractivity contribution is -0.274. The standard InChI is InChI=1S/C33H33F3N6O2S/c1-6-7-23-9-8-21(2)18-28(23)42-22(3)19-45-31(42)38-30(43)39-32(4,5)25-12-10-24(11-13-25)29-37-20-41(40-29)26-14-16-27(17-15-26)44-33(34,35)36/h8-20H,6-7H2,1-5H3,(H,39,43)/b38-31-. The van der Waals surface area contributed by atoms with Crippen LogP contribution in [-0.4, -0.2) is 31.7 Å². The zero-order chi connectivity index (χ0) is 32.4. The van der Waals surface area contributed by atoms with Crippen LogP contribution in [0.2, 0.25) is 0 Å². The van der Waals surface area contributed by atoms with Gasteiger partial charge in [-0.1, -0.05) is 49.7 Å². The van der Waals surface area contributed by atoms with Gasteiger partial charge in [0, 0.05) is 16.6 Å². The van der Waals surface area contributed by atoms with Crippen LogP contribution >= 0.6 is 11.3 Å². The summed E-state index contributed by atoms with van der Waals surface area (Å²) in [6, 6.07) is 18.8. The number of rotatable bonds is 8. The van der Waals surface area contributed by atoms with E-state index in [1.807, 2.05) is 55.0 Å². The minimum absolute atomic E-state index is 0.318. The Kier molecular flexibility index (Phi) is 8.96. The topological polar surface area (TPSA) is 86.3 Å². The number of hydrogen-bond acceptors (Lipinski definition) is 5. The molecular formula is C33H33F3N6O2S. The molecule has 2 amide bonds. The van der Waals surface area contributed by atoms with Crippen molar-refractivity contribution in [2.75, 3.05) is 0 Å². The average Bonchev–Trinajstić information content (AvgIpc) is 3.61. The number of aryl methyl sites for hydroxylation is 3. The molecule has 234 valence electrons. The van der Waals surface area contributed by atoms with Gasteiger partial charge in [-0.15, -0.1) is 29.6 Å². The highest BCUT2D eigenvalue weighted by Gasteiger charge is 2.31. The third-order valence-corrected chi connectivity index (χ3v) is 8.13. The van der Waals surface area contributed by atoms with Gasteiger partial charge in [0.1, 0.15) is 12.1 Å². The monoisotopic (exact) mass is 634 g/mol. The van der Waals surface area contributed by atoms with E-state index in [1.165, 1.54) is 52.2 Å². The molecule has 0 aliphatic carbocycles. The first-order valence-electron chi connectivity index (χ1n) is 14.4. The number of carbonyl (C=O) groups excluding carboxylic acids is 1. The minimum Gasteiger partial charge on any atom is -0.406 e. The van der Waals surface area contributed by atoms with Crippen LogP contribution in [0.4, 0.5) is 18.0 Å². The van der Waals surface area contributed by atoms with E-state index in [0.29, 0.717) is 16.3 Å². The number of carbonyl (C=O) groups is 1. The number of amides is 2. The maximum Gasteiger partial charge on any atom is 0.573 e. The number of nitrogens with one attached hydrogen (secondary N) is 1. The molecule has 45 heavy (non-hydrogen) atoms. The zero-order valence-corrected chi connectivity index (χ0v) is 26.3. The van der Waals surface area contributed by atoms with E-state index in [0.717, 1.165) is 40.9 Å². The predicted molar refractivity (Wildman–Crippen MR) is 168 cm³/mol. The lowest BCUT2D eigenvalue weighted by atomic mass is 9.93. The molecule has 0 aliphatic heterocycles. The van der Waals surface area contributed by atoms with Crippen LogP contribution in [-0.2, 0) is 12.0 Å². The first-order chi connectivity index (χ1) is 21.3. The number of nitrogens with zero attached hydrogens (tertiary/aromatic N) is 5. The number of halogens is 3. The maximum absolute atomic E-state index is 13.2. The molecule has 12 heteroatoms. The molecule has 5 rings (SSSR count). The second-order valence-electron chi connectivity index (χ2n) is 11.2. The Balaban J connectivity index is 1.31. The summed E-state index contributed by atoms with van der Waals surface area (Å²) in [4.78, 5) is 22.6. The van der Waals surface area contributed by atoms with Gasteiger partial charge in [0.25, 0.3) is 0 Å². The van der Waals surface area contributed by atoms with Crippen molar-refractivity contribution in [2.45, 2.75) is 59.4 Å². The summed E-state index contributed by atoms with van der Waals surface area (Å²) in [6.45, 7) is 10.0. The zero-order valence-electron chi connectivity index (χ0n) is 25.5. The smallest absolute Gasteiger partial charge is 0.406 e. The van der Waals surface area contributed by atoms with Gasteiger partial charge in [-0.3, -0.25) is 4.57 Å². The molecule has 0 unspecified atom stereocenters. The van der Waals surface area contributed by atoms with Crippen LogP contribution in [0.5, 0.6) is 5.75 Å². The highest BCUT2D eigenvalue weighted by molar-refractivity contribution is 7.07. The van der Waals surface area contributed by atoms with Gasteiger partial charge < -0.3 is 10.1 Å². The molecule has 8 nitrogen and oxygen atoms in total. The first-order valence-corrected chi connectivity index (χ1v) is 15.2. The first kappa shape index (κ1) is 31.7. The van der Waals surface area contributed by atoms with Crippen LogP contribution in [0, 0.1) is 13.8 Å². The van der Waals surface area contributed by atoms with Gasteiger partial charge in [-0.05, 0) is 81.1 Å². The van der Waals surface area contributed by atoms with Crippen LogP contribution in [0.3, 0.4) is 0 Å². The Morgan fingerprint density at radius 2 is 1.73 bits per heavy atom. The Morgan fingerprint density at radius 3 is 2.40 bits per heavy atom. The summed E-state index contributed by atoms with van der Waals surface area (Å²) in [6.07, 6.45) is -1.34. The molecule has 3 aromatic carbocycles. The molecule has 0 aliphatic rings. The normalized spacial score (nSPS) is 12.4. The van der Waals surface area contributed by atoms with Crippen molar-refractivity contribution < 1.29 is 22.7 Å². The third-order valence-electron chi connectivity index (χ3n) is 7.19. The molecule has 5 aromatic rings. The predicted octanol–water partition coefficient (Wildman–Crippen LogP) is 7.80. The molecule has 0 spiro atoms. The van der Waals surface area contributed by atoms with Crippen LogP contribution in [0.1, 0.15) is 49.6 Å². The van der Waals surface area contributed by atoms with E-state index < -0.39 is 17.9 Å². The molecule has 2 aromatic heterocycles. The van der Waals surface area contributed by atoms with Gasteiger partial charge >= 0.3 is 12.4 Å². The maximum atomic E-state index is 13.2. The second kappa shape index (κ2) is 12.7. The summed E-state index contributed by atoms with van der Waals surface area (Å²) in [5.41, 5.74) is 5.77. The van der Waals surface area contributed by atoms with Gasteiger partial charge in [-0.25, -0.2) is 14.5 Å². The number of aromatic nitrogens is 4. The third kappa shape index (κ3) is 7.51. The fourth-order valence-corrected chi connectivity index (χ4v) is 5.80. The van der Waals surface area contributed by atoms with Gasteiger partial charge in [-0.2, -0.15) is 4.99 Å². The van der Waals surface area contributed by atoms with E-state index in [2.05, 4.69) is 57.2 Å². The highest BCUT2D eigenvalue weighted by atomic mass is 32.1. The Hall–Kier alpha value is -4.71.